The molecule has 0 saturated carbocycles. The number of rotatable bonds is 5. The lowest BCUT2D eigenvalue weighted by Crippen LogP contribution is -2.60. The zero-order valence-electron chi connectivity index (χ0n) is 16.7. The Bertz CT molecular complexity index is 941. The van der Waals surface area contributed by atoms with Crippen LogP contribution in [0.1, 0.15) is 45.0 Å². The van der Waals surface area contributed by atoms with Gasteiger partial charge in [0.15, 0.2) is 0 Å². The smallest absolute Gasteiger partial charge is 0.303 e. The van der Waals surface area contributed by atoms with Crippen LogP contribution in [0.25, 0.3) is 0 Å². The maximum absolute atomic E-state index is 14.1. The van der Waals surface area contributed by atoms with Gasteiger partial charge < -0.3 is 25.2 Å². The Labute approximate surface area is 173 Å². The summed E-state index contributed by atoms with van der Waals surface area (Å²) in [6.45, 7) is 0.519. The molecule has 2 aromatic rings. The number of benzene rings is 2. The molecule has 0 bridgehead atoms. The Morgan fingerprint density at radius 3 is 2.37 bits per heavy atom. The largest absolute Gasteiger partial charge is 0.393 e. The first-order chi connectivity index (χ1) is 14.3. The number of alkyl halides is 2. The lowest BCUT2D eigenvalue weighted by atomic mass is 9.84. The summed E-state index contributed by atoms with van der Waals surface area (Å²) >= 11 is 0. The number of hydrogen-bond donors (Lipinski definition) is 4. The quantitative estimate of drug-likeness (QED) is 0.594. The topological polar surface area (TPSA) is 90.2 Å². The summed E-state index contributed by atoms with van der Waals surface area (Å²) in [5.41, 5.74) is 6.39. The van der Waals surface area contributed by atoms with Crippen LogP contribution in [0.5, 0.6) is 0 Å². The number of aryl methyl sites for hydroxylation is 3. The fourth-order valence-electron chi connectivity index (χ4n) is 4.36. The fourth-order valence-corrected chi connectivity index (χ4v) is 4.36. The van der Waals surface area contributed by atoms with E-state index in [0.717, 1.165) is 29.5 Å². The molecule has 162 valence electrons. The Kier molecular flexibility index (Phi) is 5.67. The van der Waals surface area contributed by atoms with Gasteiger partial charge in [-0.05, 0) is 65.1 Å². The first kappa shape index (κ1) is 21.3. The molecule has 0 spiro atoms. The van der Waals surface area contributed by atoms with Crippen molar-refractivity contribution < 1.29 is 33.9 Å². The molecule has 30 heavy (non-hydrogen) atoms. The van der Waals surface area contributed by atoms with Gasteiger partial charge in [-0.1, -0.05) is 30.3 Å². The van der Waals surface area contributed by atoms with E-state index in [2.05, 4.69) is 18.2 Å². The molecule has 2 aromatic carbocycles. The van der Waals surface area contributed by atoms with E-state index >= 15 is 0 Å². The first-order valence-electron chi connectivity index (χ1n) is 10.1. The van der Waals surface area contributed by atoms with Crippen LogP contribution in [-0.2, 0) is 30.6 Å². The average Bonchev–Trinajstić information content (AvgIpc) is 2.70. The molecule has 4 rings (SSSR count). The van der Waals surface area contributed by atoms with Crippen molar-refractivity contribution in [2.45, 2.75) is 63.1 Å². The van der Waals surface area contributed by atoms with E-state index in [4.69, 9.17) is 4.74 Å². The Balaban J connectivity index is 1.70. The highest BCUT2D eigenvalue weighted by Crippen LogP contribution is 2.42. The number of halogens is 2. The van der Waals surface area contributed by atoms with Gasteiger partial charge in [-0.2, -0.15) is 0 Å². The van der Waals surface area contributed by atoms with Crippen molar-refractivity contribution in [2.75, 3.05) is 6.61 Å². The normalized spacial score (nSPS) is 27.4. The molecule has 0 amide bonds. The first-order valence-corrected chi connectivity index (χ1v) is 10.1. The van der Waals surface area contributed by atoms with Crippen molar-refractivity contribution in [1.29, 1.82) is 0 Å². The van der Waals surface area contributed by atoms with Crippen molar-refractivity contribution >= 4 is 0 Å². The van der Waals surface area contributed by atoms with Crippen LogP contribution in [0.2, 0.25) is 0 Å². The van der Waals surface area contributed by atoms with Crippen LogP contribution in [-0.4, -0.2) is 51.3 Å². The Hall–Kier alpha value is -1.90. The van der Waals surface area contributed by atoms with Crippen molar-refractivity contribution in [2.24, 2.45) is 0 Å². The summed E-state index contributed by atoms with van der Waals surface area (Å²) in [5.74, 6) is -3.79. The van der Waals surface area contributed by atoms with Crippen LogP contribution in [0.4, 0.5) is 8.78 Å². The van der Waals surface area contributed by atoms with Gasteiger partial charge in [-0.3, -0.25) is 0 Å². The third kappa shape index (κ3) is 3.55. The second-order valence-electron chi connectivity index (χ2n) is 8.25. The molecular weight excluding hydrogens is 394 g/mol. The molecule has 2 aliphatic rings. The van der Waals surface area contributed by atoms with Crippen molar-refractivity contribution in [1.82, 2.24) is 0 Å². The molecule has 7 heteroatoms. The maximum Gasteiger partial charge on any atom is 0.303 e. The number of fused-ring (bicyclic) bond motifs is 1. The monoisotopic (exact) mass is 420 g/mol. The van der Waals surface area contributed by atoms with Gasteiger partial charge in [-0.15, -0.1) is 0 Å². The number of aliphatic hydroxyl groups excluding tert-OH is 4. The van der Waals surface area contributed by atoms with Gasteiger partial charge >= 0.3 is 5.92 Å². The second kappa shape index (κ2) is 7.98. The van der Waals surface area contributed by atoms with E-state index in [0.29, 0.717) is 17.5 Å². The summed E-state index contributed by atoms with van der Waals surface area (Å²) in [6.07, 6.45) is -4.78. The molecule has 4 atom stereocenters. The minimum atomic E-state index is -3.79. The predicted octanol–water partition coefficient (Wildman–Crippen LogP) is 1.97. The SMILES string of the molecule is Cc1cc(CO)c([C@@H]2O[C@H](CO)C(F)(F)[C@H](O)[C@H]2O)cc1Cc1ccc2c(c1)CC2. The number of hydrogen-bond acceptors (Lipinski definition) is 5. The van der Waals surface area contributed by atoms with Crippen molar-refractivity contribution in [3.63, 3.8) is 0 Å². The lowest BCUT2D eigenvalue weighted by molar-refractivity contribution is -0.296. The highest BCUT2D eigenvalue weighted by Gasteiger charge is 2.57. The van der Waals surface area contributed by atoms with Gasteiger partial charge in [0.05, 0.1) is 13.2 Å². The molecule has 1 saturated heterocycles. The summed E-state index contributed by atoms with van der Waals surface area (Å²) < 4.78 is 33.6. The maximum atomic E-state index is 14.1. The molecular formula is C23H26F2O5. The molecule has 0 radical (unpaired) electrons. The van der Waals surface area contributed by atoms with E-state index < -0.39 is 36.9 Å². The molecule has 5 nitrogen and oxygen atoms in total. The van der Waals surface area contributed by atoms with Gasteiger partial charge in [0, 0.05) is 0 Å². The highest BCUT2D eigenvalue weighted by atomic mass is 19.3. The Morgan fingerprint density at radius 1 is 1.03 bits per heavy atom. The number of aliphatic hydroxyl groups is 4. The zero-order valence-corrected chi connectivity index (χ0v) is 16.7. The van der Waals surface area contributed by atoms with Crippen molar-refractivity contribution in [3.05, 3.63) is 69.3 Å². The van der Waals surface area contributed by atoms with Crippen LogP contribution in [0.15, 0.2) is 30.3 Å². The van der Waals surface area contributed by atoms with Crippen LogP contribution >= 0.6 is 0 Å². The summed E-state index contributed by atoms with van der Waals surface area (Å²) in [4.78, 5) is 0. The third-order valence-electron chi connectivity index (χ3n) is 6.34. The van der Waals surface area contributed by atoms with Gasteiger partial charge in [0.25, 0.3) is 0 Å². The molecule has 4 N–H and O–H groups in total. The lowest BCUT2D eigenvalue weighted by Gasteiger charge is -2.42. The van der Waals surface area contributed by atoms with E-state index in [1.54, 1.807) is 12.1 Å². The summed E-state index contributed by atoms with van der Waals surface area (Å²) in [7, 11) is 0. The minimum Gasteiger partial charge on any atom is -0.393 e. The standard InChI is InChI=1S/C23H26F2O5/c1-12-6-17(10-26)18(21-20(28)22(29)23(24,25)19(11-27)30-21)9-16(12)8-13-2-3-14-4-5-15(14)7-13/h2-3,6-7,9,19-22,26-29H,4-5,8,10-11H2,1H3/t19-,20+,21+,22-/m1/s1. The number of ether oxygens (including phenoxy) is 1. The Morgan fingerprint density at radius 2 is 1.77 bits per heavy atom. The van der Waals surface area contributed by atoms with Crippen molar-refractivity contribution in [3.8, 4) is 0 Å². The molecule has 0 aromatic heterocycles. The van der Waals surface area contributed by atoms with E-state index in [-0.39, 0.29) is 6.61 Å². The second-order valence-corrected chi connectivity index (χ2v) is 8.25. The molecule has 1 aliphatic carbocycles. The summed E-state index contributed by atoms with van der Waals surface area (Å²) in [6, 6.07) is 9.82. The molecule has 0 unspecified atom stereocenters. The molecule has 1 aliphatic heterocycles. The minimum absolute atomic E-state index is 0.336. The van der Waals surface area contributed by atoms with Gasteiger partial charge in [0.2, 0.25) is 0 Å². The van der Waals surface area contributed by atoms with E-state index in [1.807, 2.05) is 6.92 Å². The van der Waals surface area contributed by atoms with Gasteiger partial charge in [0.1, 0.15) is 24.4 Å². The van der Waals surface area contributed by atoms with Crippen LogP contribution < -0.4 is 0 Å². The molecule has 1 fully saturated rings. The third-order valence-corrected chi connectivity index (χ3v) is 6.34. The average molecular weight is 420 g/mol. The van der Waals surface area contributed by atoms with E-state index in [9.17, 15) is 29.2 Å². The predicted molar refractivity (Wildman–Crippen MR) is 105 cm³/mol. The summed E-state index contributed by atoms with van der Waals surface area (Å²) in [5, 5.41) is 39.5. The molecule has 1 heterocycles. The van der Waals surface area contributed by atoms with Crippen LogP contribution in [0.3, 0.4) is 0 Å². The highest BCUT2D eigenvalue weighted by molar-refractivity contribution is 5.44. The van der Waals surface area contributed by atoms with E-state index in [1.165, 1.54) is 11.1 Å². The van der Waals surface area contributed by atoms with Crippen LogP contribution in [0, 0.1) is 6.92 Å². The van der Waals surface area contributed by atoms with Gasteiger partial charge in [-0.25, -0.2) is 8.78 Å². The zero-order chi connectivity index (χ0) is 21.6. The fraction of sp³-hybridized carbons (Fsp3) is 0.478.